The number of ether oxygens (including phenoxy) is 1. The second-order valence-electron chi connectivity index (χ2n) is 7.68. The van der Waals surface area contributed by atoms with Crippen LogP contribution < -0.4 is 10.2 Å². The van der Waals surface area contributed by atoms with Crippen molar-refractivity contribution in [3.63, 3.8) is 0 Å². The maximum absolute atomic E-state index is 13.4. The molecule has 0 spiro atoms. The minimum Gasteiger partial charge on any atom is -0.488 e. The largest absolute Gasteiger partial charge is 0.488 e. The summed E-state index contributed by atoms with van der Waals surface area (Å²) in [5.74, 6) is 0.0508. The lowest BCUT2D eigenvalue weighted by atomic mass is 10.0. The average Bonchev–Trinajstić information content (AvgIpc) is 3.08. The van der Waals surface area contributed by atoms with E-state index in [9.17, 15) is 9.65 Å². The number of nitrogens with zero attached hydrogens (tertiary/aromatic N) is 4. The second kappa shape index (κ2) is 9.03. The van der Waals surface area contributed by atoms with Crippen LogP contribution in [-0.4, -0.2) is 33.5 Å². The molecule has 30 heavy (non-hydrogen) atoms. The molecule has 1 N–H and O–H groups in total. The van der Waals surface area contributed by atoms with Crippen molar-refractivity contribution in [3.05, 3.63) is 54.2 Å². The van der Waals surface area contributed by atoms with Gasteiger partial charge >= 0.3 is 0 Å². The zero-order valence-corrected chi connectivity index (χ0v) is 17.4. The third-order valence-electron chi connectivity index (χ3n) is 4.08. The molecule has 0 amide bonds. The summed E-state index contributed by atoms with van der Waals surface area (Å²) in [5.41, 5.74) is 5.58. The van der Waals surface area contributed by atoms with E-state index in [2.05, 4.69) is 21.6 Å². The normalized spacial score (nSPS) is 11.3. The Balaban J connectivity index is 1.92. The number of hydrogen-bond acceptors (Lipinski definition) is 6. The van der Waals surface area contributed by atoms with E-state index < -0.39 is 0 Å². The van der Waals surface area contributed by atoms with Gasteiger partial charge in [0.15, 0.2) is 11.4 Å². The van der Waals surface area contributed by atoms with Gasteiger partial charge in [-0.15, -0.1) is 0 Å². The third kappa shape index (κ3) is 5.20. The Labute approximate surface area is 175 Å². The molecular weight excluding hydrogens is 385 g/mol. The number of aryl methyl sites for hydroxylation is 1. The summed E-state index contributed by atoms with van der Waals surface area (Å²) in [7, 11) is 1.80. The molecule has 2 aromatic heterocycles. The quantitative estimate of drug-likeness (QED) is 0.471. The van der Waals surface area contributed by atoms with Gasteiger partial charge in [-0.05, 0) is 51.1 Å². The van der Waals surface area contributed by atoms with Gasteiger partial charge < -0.3 is 4.74 Å². The van der Waals surface area contributed by atoms with Gasteiger partial charge in [0.05, 0.1) is 12.1 Å². The van der Waals surface area contributed by atoms with E-state index in [1.54, 1.807) is 36.1 Å². The Kier molecular flexibility index (Phi) is 6.45. The van der Waals surface area contributed by atoms with Crippen LogP contribution in [0.4, 0.5) is 4.39 Å². The molecule has 0 saturated carbocycles. The molecule has 156 valence electrons. The van der Waals surface area contributed by atoms with Crippen LogP contribution in [0.25, 0.3) is 22.4 Å². The molecule has 0 aliphatic heterocycles. The second-order valence-corrected chi connectivity index (χ2v) is 7.68. The highest BCUT2D eigenvalue weighted by Gasteiger charge is 2.19. The molecule has 2 heterocycles. The smallest absolute Gasteiger partial charge is 0.183 e. The lowest BCUT2D eigenvalue weighted by Crippen LogP contribution is -2.31. The summed E-state index contributed by atoms with van der Waals surface area (Å²) >= 11 is 0. The molecule has 0 radical (unpaired) electrons. The zero-order valence-electron chi connectivity index (χ0n) is 17.4. The van der Waals surface area contributed by atoms with E-state index >= 15 is 0 Å². The van der Waals surface area contributed by atoms with Crippen molar-refractivity contribution in [2.75, 3.05) is 13.2 Å². The van der Waals surface area contributed by atoms with Crippen LogP contribution >= 0.6 is 0 Å². The van der Waals surface area contributed by atoms with Crippen LogP contribution in [0.5, 0.6) is 5.75 Å². The summed E-state index contributed by atoms with van der Waals surface area (Å²) in [6.45, 7) is 6.51. The molecule has 0 saturated heterocycles. The Morgan fingerprint density at radius 3 is 2.57 bits per heavy atom. The monoisotopic (exact) mass is 409 g/mol. The van der Waals surface area contributed by atoms with E-state index in [1.165, 1.54) is 12.1 Å². The van der Waals surface area contributed by atoms with Gasteiger partial charge in [-0.1, -0.05) is 0 Å². The Morgan fingerprint density at radius 2 is 1.90 bits per heavy atom. The van der Waals surface area contributed by atoms with Crippen LogP contribution in [0.3, 0.4) is 0 Å². The minimum absolute atomic E-state index is 0.179. The van der Waals surface area contributed by atoms with Crippen molar-refractivity contribution in [2.24, 2.45) is 7.05 Å². The number of nitriles is 1. The molecule has 1 aromatic carbocycles. The summed E-state index contributed by atoms with van der Waals surface area (Å²) in [6, 6.07) is 9.97. The molecule has 0 bridgehead atoms. The van der Waals surface area contributed by atoms with Gasteiger partial charge in [-0.2, -0.15) is 15.8 Å². The summed E-state index contributed by atoms with van der Waals surface area (Å²) in [4.78, 5) is 9.60. The van der Waals surface area contributed by atoms with Crippen LogP contribution in [0.2, 0.25) is 0 Å². The van der Waals surface area contributed by atoms with Crippen LogP contribution in [-0.2, 0) is 11.9 Å². The van der Waals surface area contributed by atoms with E-state index in [0.29, 0.717) is 23.6 Å². The third-order valence-corrected chi connectivity index (χ3v) is 4.08. The number of halogens is 1. The number of rotatable bonds is 7. The first-order chi connectivity index (χ1) is 14.3. The highest BCUT2D eigenvalue weighted by Crippen LogP contribution is 2.37. The lowest BCUT2D eigenvalue weighted by molar-refractivity contribution is -0.0749. The van der Waals surface area contributed by atoms with Crippen molar-refractivity contribution in [1.82, 2.24) is 20.2 Å². The highest BCUT2D eigenvalue weighted by atomic mass is 19.1. The number of aromatic nitrogens is 3. The molecule has 7 nitrogen and oxygen atoms in total. The van der Waals surface area contributed by atoms with Crippen molar-refractivity contribution >= 4 is 0 Å². The molecule has 0 aliphatic rings. The molecule has 0 unspecified atom stereocenters. The molecule has 8 heteroatoms. The molecule has 0 fully saturated rings. The number of pyridine rings is 1. The van der Waals surface area contributed by atoms with Gasteiger partial charge in [-0.25, -0.2) is 9.37 Å². The Morgan fingerprint density at radius 1 is 1.17 bits per heavy atom. The molecule has 3 aromatic rings. The first-order valence-corrected chi connectivity index (χ1v) is 9.51. The van der Waals surface area contributed by atoms with E-state index in [0.717, 1.165) is 11.1 Å². The van der Waals surface area contributed by atoms with Crippen molar-refractivity contribution in [1.29, 1.82) is 5.26 Å². The van der Waals surface area contributed by atoms with Gasteiger partial charge in [0.25, 0.3) is 0 Å². The van der Waals surface area contributed by atoms with Gasteiger partial charge in [0.2, 0.25) is 0 Å². The van der Waals surface area contributed by atoms with E-state index in [-0.39, 0.29) is 23.7 Å². The van der Waals surface area contributed by atoms with E-state index in [1.807, 2.05) is 27.0 Å². The van der Waals surface area contributed by atoms with Gasteiger partial charge in [0.1, 0.15) is 24.2 Å². The molecule has 0 atom stereocenters. The average molecular weight is 409 g/mol. The van der Waals surface area contributed by atoms with Crippen LogP contribution in [0.1, 0.15) is 26.5 Å². The minimum atomic E-state index is -0.322. The fraction of sp³-hybridized carbons (Fsp3) is 0.318. The number of benzene rings is 1. The standard InChI is InChI=1S/C22H24FN5O2/c1-22(2,3)30-26-11-12-29-21-17(9-10-25-19(21)13-24)18-14-28(4)27-20(18)15-5-7-16(23)8-6-15/h5-10,14,26H,11-12H2,1-4H3. The Hall–Kier alpha value is -3.28. The van der Waals surface area contributed by atoms with Crippen molar-refractivity contribution in [2.45, 2.75) is 26.4 Å². The fourth-order valence-corrected chi connectivity index (χ4v) is 2.85. The maximum atomic E-state index is 13.4. The predicted molar refractivity (Wildman–Crippen MR) is 111 cm³/mol. The first kappa shape index (κ1) is 21.4. The zero-order chi connectivity index (χ0) is 21.7. The SMILES string of the molecule is Cn1cc(-c2ccnc(C#N)c2OCCNOC(C)(C)C)c(-c2ccc(F)cc2)n1. The van der Waals surface area contributed by atoms with E-state index in [4.69, 9.17) is 9.57 Å². The number of nitrogens with one attached hydrogen (secondary N) is 1. The van der Waals surface area contributed by atoms with Crippen molar-refractivity contribution in [3.8, 4) is 34.2 Å². The lowest BCUT2D eigenvalue weighted by Gasteiger charge is -2.19. The van der Waals surface area contributed by atoms with Gasteiger partial charge in [0, 0.05) is 36.1 Å². The summed E-state index contributed by atoms with van der Waals surface area (Å²) < 4.78 is 21.0. The number of hydroxylamine groups is 1. The maximum Gasteiger partial charge on any atom is 0.183 e. The fourth-order valence-electron chi connectivity index (χ4n) is 2.85. The predicted octanol–water partition coefficient (Wildman–Crippen LogP) is 3.86. The molecule has 3 rings (SSSR count). The van der Waals surface area contributed by atoms with Crippen molar-refractivity contribution < 1.29 is 14.0 Å². The topological polar surface area (TPSA) is 85.0 Å². The summed E-state index contributed by atoms with van der Waals surface area (Å²) in [5, 5.41) is 14.0. The number of hydrogen-bond donors (Lipinski definition) is 1. The Bertz CT molecular complexity index is 1050. The molecule has 0 aliphatic carbocycles. The molecular formula is C22H24FN5O2. The summed E-state index contributed by atoms with van der Waals surface area (Å²) in [6.07, 6.45) is 3.39. The van der Waals surface area contributed by atoms with Gasteiger partial charge in [-0.3, -0.25) is 9.52 Å². The van der Waals surface area contributed by atoms with Crippen LogP contribution in [0, 0.1) is 17.1 Å². The van der Waals surface area contributed by atoms with Crippen LogP contribution in [0.15, 0.2) is 42.7 Å². The highest BCUT2D eigenvalue weighted by molar-refractivity contribution is 5.84. The first-order valence-electron chi connectivity index (χ1n) is 9.51.